The topological polar surface area (TPSA) is 88.6 Å². The average Bonchev–Trinajstić information content (AvgIpc) is 2.82. The largest absolute Gasteiger partial charge is 0.414 e. The summed E-state index contributed by atoms with van der Waals surface area (Å²) in [7, 11) is -4.35. The molecular weight excluding hydrogens is 485 g/mol. The van der Waals surface area contributed by atoms with E-state index in [4.69, 9.17) is 42.5 Å². The number of alkyl halides is 2. The molecule has 3 atom stereocenters. The number of nitrogens with two attached hydrogens (primary N) is 1. The van der Waals surface area contributed by atoms with Crippen molar-refractivity contribution in [3.8, 4) is 0 Å². The summed E-state index contributed by atoms with van der Waals surface area (Å²) < 4.78 is 19.1. The van der Waals surface area contributed by atoms with Crippen molar-refractivity contribution in [3.05, 3.63) is 22.7 Å². The summed E-state index contributed by atoms with van der Waals surface area (Å²) in [5, 5.41) is -0.0446. The van der Waals surface area contributed by atoms with E-state index in [9.17, 15) is 4.79 Å². The van der Waals surface area contributed by atoms with Crippen molar-refractivity contribution >= 4 is 45.7 Å². The first-order valence-corrected chi connectivity index (χ1v) is 17.5. The van der Waals surface area contributed by atoms with Gasteiger partial charge >= 0.3 is 5.69 Å². The molecule has 0 aliphatic carbocycles. The van der Waals surface area contributed by atoms with Crippen LogP contribution in [0.4, 0.5) is 5.82 Å². The van der Waals surface area contributed by atoms with Crippen molar-refractivity contribution in [3.63, 3.8) is 0 Å². The Bertz CT molecular complexity index is 879. The molecule has 7 nitrogen and oxygen atoms in total. The maximum absolute atomic E-state index is 12.5. The summed E-state index contributed by atoms with van der Waals surface area (Å²) >= 11 is 13.8. The summed E-state index contributed by atoms with van der Waals surface area (Å²) in [6.07, 6.45) is -0.738. The molecule has 0 saturated carbocycles. The number of anilines is 1. The van der Waals surface area contributed by atoms with Crippen molar-refractivity contribution < 1.29 is 13.6 Å². The Kier molecular flexibility index (Phi) is 7.80. The van der Waals surface area contributed by atoms with Crippen LogP contribution in [-0.2, 0) is 13.6 Å². The minimum atomic E-state index is -2.28. The minimum Gasteiger partial charge on any atom is -0.414 e. The van der Waals surface area contributed by atoms with Crippen LogP contribution in [-0.4, -0.2) is 49.3 Å². The van der Waals surface area contributed by atoms with Gasteiger partial charge < -0.3 is 19.3 Å². The van der Waals surface area contributed by atoms with Crippen molar-refractivity contribution in [2.75, 3.05) is 12.3 Å². The Hall–Kier alpha value is -0.426. The summed E-state index contributed by atoms with van der Waals surface area (Å²) in [6, 6.07) is 1.51. The van der Waals surface area contributed by atoms with Gasteiger partial charge in [-0.25, -0.2) is 4.79 Å². The Morgan fingerprint density at radius 2 is 1.66 bits per heavy atom. The first-order chi connectivity index (χ1) is 14.2. The number of hydrogen-bond donors (Lipinski definition) is 1. The van der Waals surface area contributed by atoms with Crippen molar-refractivity contribution in [1.29, 1.82) is 0 Å². The third-order valence-corrected chi connectivity index (χ3v) is 16.9. The first kappa shape index (κ1) is 27.8. The molecule has 1 aromatic rings. The van der Waals surface area contributed by atoms with Gasteiger partial charge in [0.05, 0.1) is 6.61 Å². The van der Waals surface area contributed by atoms with E-state index in [0.29, 0.717) is 0 Å². The van der Waals surface area contributed by atoms with E-state index in [1.165, 1.54) is 16.8 Å². The molecule has 0 radical (unpaired) electrons. The van der Waals surface area contributed by atoms with Crippen LogP contribution < -0.4 is 11.4 Å². The van der Waals surface area contributed by atoms with E-state index >= 15 is 0 Å². The smallest absolute Gasteiger partial charge is 0.351 e. The van der Waals surface area contributed by atoms with Crippen LogP contribution in [0.1, 0.15) is 47.8 Å². The highest BCUT2D eigenvalue weighted by molar-refractivity contribution is 6.74. The standard InChI is InChI=1S/C21H39Cl2N3O4Si2/c1-19(2,3)31(7,8)28-13-14-16(30-32(9,10)20(4,5)6)21(22,23)17(29-14)26-12-11-15(24)25-18(26)27/h11-12,14,16-17H,13H2,1-10H3,(H2,24,25,27)/t14-,16?,17-/m1/s1. The number of halogens is 2. The Labute approximate surface area is 204 Å². The lowest BCUT2D eigenvalue weighted by Gasteiger charge is -2.42. The second-order valence-corrected chi connectivity index (χ2v) is 22.6. The van der Waals surface area contributed by atoms with Crippen LogP contribution >= 0.6 is 23.2 Å². The molecule has 0 spiro atoms. The molecule has 1 unspecified atom stereocenters. The van der Waals surface area contributed by atoms with Crippen LogP contribution in [0.15, 0.2) is 17.1 Å². The number of hydrogen-bond acceptors (Lipinski definition) is 6. The fraction of sp³-hybridized carbons (Fsp3) is 0.810. The van der Waals surface area contributed by atoms with Gasteiger partial charge in [0.2, 0.25) is 0 Å². The highest BCUT2D eigenvalue weighted by atomic mass is 35.5. The zero-order valence-electron chi connectivity index (χ0n) is 21.0. The maximum Gasteiger partial charge on any atom is 0.351 e. The molecule has 184 valence electrons. The number of nitrogen functional groups attached to an aromatic ring is 1. The van der Waals surface area contributed by atoms with E-state index in [2.05, 4.69) is 72.7 Å². The summed E-state index contributed by atoms with van der Waals surface area (Å²) in [5.41, 5.74) is 5.06. The Morgan fingerprint density at radius 3 is 2.12 bits per heavy atom. The van der Waals surface area contributed by atoms with E-state index in [-0.39, 0.29) is 22.5 Å². The molecule has 2 N–H and O–H groups in total. The van der Waals surface area contributed by atoms with E-state index in [1.54, 1.807) is 0 Å². The zero-order chi connectivity index (χ0) is 24.9. The Morgan fingerprint density at radius 1 is 1.12 bits per heavy atom. The summed E-state index contributed by atoms with van der Waals surface area (Å²) in [4.78, 5) is 16.3. The quantitative estimate of drug-likeness (QED) is 0.401. The number of nitrogens with zero attached hydrogens (tertiary/aromatic N) is 2. The predicted molar refractivity (Wildman–Crippen MR) is 136 cm³/mol. The monoisotopic (exact) mass is 523 g/mol. The van der Waals surface area contributed by atoms with Crippen LogP contribution in [0.25, 0.3) is 0 Å². The Balaban J connectivity index is 2.45. The molecule has 0 aromatic carbocycles. The van der Waals surface area contributed by atoms with Gasteiger partial charge in [0.1, 0.15) is 18.0 Å². The van der Waals surface area contributed by atoms with Gasteiger partial charge in [0, 0.05) is 6.20 Å². The third-order valence-electron chi connectivity index (χ3n) is 7.10. The number of aromatic nitrogens is 2. The van der Waals surface area contributed by atoms with E-state index < -0.39 is 45.1 Å². The van der Waals surface area contributed by atoms with Gasteiger partial charge in [-0.05, 0) is 42.3 Å². The minimum absolute atomic E-state index is 0.0254. The second kappa shape index (κ2) is 8.98. The molecule has 32 heavy (non-hydrogen) atoms. The lowest BCUT2D eigenvalue weighted by Crippen LogP contribution is -2.52. The zero-order valence-corrected chi connectivity index (χ0v) is 24.5. The molecule has 1 aliphatic rings. The summed E-state index contributed by atoms with van der Waals surface area (Å²) in [6.45, 7) is 21.8. The fourth-order valence-electron chi connectivity index (χ4n) is 2.85. The van der Waals surface area contributed by atoms with Crippen LogP contribution in [0.3, 0.4) is 0 Å². The van der Waals surface area contributed by atoms with Gasteiger partial charge in [-0.2, -0.15) is 4.98 Å². The van der Waals surface area contributed by atoms with Gasteiger partial charge in [-0.1, -0.05) is 64.7 Å². The lowest BCUT2D eigenvalue weighted by atomic mass is 10.2. The van der Waals surface area contributed by atoms with Gasteiger partial charge in [-0.15, -0.1) is 0 Å². The maximum atomic E-state index is 12.5. The van der Waals surface area contributed by atoms with E-state index in [1.807, 2.05) is 0 Å². The van der Waals surface area contributed by atoms with Crippen molar-refractivity contribution in [2.45, 2.75) is 101 Å². The normalized spacial score (nSPS) is 24.7. The molecular formula is C21H39Cl2N3O4Si2. The number of rotatable bonds is 6. The molecule has 11 heteroatoms. The highest BCUT2D eigenvalue weighted by Crippen LogP contribution is 2.51. The van der Waals surface area contributed by atoms with Gasteiger partial charge in [0.25, 0.3) is 0 Å². The highest BCUT2D eigenvalue weighted by Gasteiger charge is 2.59. The van der Waals surface area contributed by atoms with Crippen LogP contribution in [0.2, 0.25) is 36.3 Å². The first-order valence-electron chi connectivity index (χ1n) is 10.9. The van der Waals surface area contributed by atoms with Crippen LogP contribution in [0, 0.1) is 0 Å². The second-order valence-electron chi connectivity index (χ2n) is 11.6. The average molecular weight is 525 g/mol. The molecule has 0 bridgehead atoms. The van der Waals surface area contributed by atoms with Crippen molar-refractivity contribution in [1.82, 2.24) is 9.55 Å². The lowest BCUT2D eigenvalue weighted by molar-refractivity contribution is -0.0415. The van der Waals surface area contributed by atoms with Gasteiger partial charge in [0.15, 0.2) is 27.2 Å². The van der Waals surface area contributed by atoms with Crippen LogP contribution in [0.5, 0.6) is 0 Å². The molecule has 1 aliphatic heterocycles. The molecule has 2 heterocycles. The number of ether oxygens (including phenoxy) is 1. The predicted octanol–water partition coefficient (Wildman–Crippen LogP) is 5.31. The molecule has 1 saturated heterocycles. The molecule has 1 aromatic heterocycles. The molecule has 2 rings (SSSR count). The molecule has 1 fully saturated rings. The van der Waals surface area contributed by atoms with E-state index in [0.717, 1.165) is 0 Å². The van der Waals surface area contributed by atoms with Crippen molar-refractivity contribution in [2.24, 2.45) is 0 Å². The molecule has 0 amide bonds. The van der Waals surface area contributed by atoms with Gasteiger partial charge in [-0.3, -0.25) is 4.57 Å². The third kappa shape index (κ3) is 5.62. The summed E-state index contributed by atoms with van der Waals surface area (Å²) in [5.74, 6) is 0.117. The SMILES string of the molecule is CC(C)(C)[Si](C)(C)OC[C@H]1O[C@@H](n2ccc(N)nc2=O)C(Cl)(Cl)C1O[Si](C)(C)C(C)(C)C. The fourth-order valence-corrected chi connectivity index (χ4v) is 6.03.